The first-order valence-corrected chi connectivity index (χ1v) is 11.6. The molecule has 0 radical (unpaired) electrons. The summed E-state index contributed by atoms with van der Waals surface area (Å²) >= 11 is 0. The third kappa shape index (κ3) is 6.02. The van der Waals surface area contributed by atoms with E-state index in [4.69, 9.17) is 10.6 Å². The van der Waals surface area contributed by atoms with E-state index in [-0.39, 0.29) is 21.9 Å². The SMILES string of the molecule is CC[C@H](C(=N)CCc1c(C(C)(C)C)[nH]c2cc([N+](=O)[O-])ccc12)c1ccc(/C=C/C(=O)NO)cc1. The number of carbonyl (C=O) groups is 1. The van der Waals surface area contributed by atoms with E-state index in [9.17, 15) is 14.9 Å². The molecule has 1 heterocycles. The van der Waals surface area contributed by atoms with E-state index in [2.05, 4.69) is 32.7 Å². The minimum absolute atomic E-state index is 0.0295. The molecule has 1 atom stereocenters. The van der Waals surface area contributed by atoms with Crippen molar-refractivity contribution in [2.75, 3.05) is 0 Å². The van der Waals surface area contributed by atoms with Crippen LogP contribution in [0, 0.1) is 15.5 Å². The summed E-state index contributed by atoms with van der Waals surface area (Å²) in [6.07, 6.45) is 4.88. The molecule has 0 aliphatic carbocycles. The number of nitro groups is 1. The molecule has 0 aliphatic heterocycles. The maximum atomic E-state index is 11.2. The van der Waals surface area contributed by atoms with Crippen molar-refractivity contribution in [1.82, 2.24) is 10.5 Å². The zero-order chi connectivity index (χ0) is 25.8. The average molecular weight is 477 g/mol. The van der Waals surface area contributed by atoms with Crippen molar-refractivity contribution < 1.29 is 14.9 Å². The molecular weight excluding hydrogens is 444 g/mol. The number of hydroxylamine groups is 1. The maximum absolute atomic E-state index is 11.2. The lowest BCUT2D eigenvalue weighted by Crippen LogP contribution is -2.16. The lowest BCUT2D eigenvalue weighted by atomic mass is 9.85. The number of carbonyl (C=O) groups excluding carboxylic acids is 1. The number of nitro benzene ring substituents is 1. The Bertz CT molecular complexity index is 1270. The van der Waals surface area contributed by atoms with Crippen molar-refractivity contribution in [2.24, 2.45) is 0 Å². The first-order chi connectivity index (χ1) is 16.5. The number of nitrogens with zero attached hydrogens (tertiary/aromatic N) is 1. The molecule has 8 heteroatoms. The van der Waals surface area contributed by atoms with Crippen LogP contribution in [0.25, 0.3) is 17.0 Å². The molecule has 0 saturated heterocycles. The predicted octanol–water partition coefficient (Wildman–Crippen LogP) is 6.04. The van der Waals surface area contributed by atoms with E-state index in [1.807, 2.05) is 24.3 Å². The van der Waals surface area contributed by atoms with Gasteiger partial charge in [-0.3, -0.25) is 20.1 Å². The van der Waals surface area contributed by atoms with E-state index in [0.29, 0.717) is 18.6 Å². The average Bonchev–Trinajstić information content (AvgIpc) is 3.20. The molecule has 4 N–H and O–H groups in total. The van der Waals surface area contributed by atoms with Gasteiger partial charge in [-0.15, -0.1) is 0 Å². The Kier molecular flexibility index (Phi) is 7.86. The summed E-state index contributed by atoms with van der Waals surface area (Å²) in [6.45, 7) is 8.38. The van der Waals surface area contributed by atoms with Crippen molar-refractivity contribution in [1.29, 1.82) is 5.41 Å². The molecule has 35 heavy (non-hydrogen) atoms. The standard InChI is InChI=1S/C27H32N4O4/c1-5-20(18-9-6-17(7-10-18)8-15-25(32)30-33)23(28)14-13-22-21-12-11-19(31(34)35)16-24(21)29-26(22)27(2,3)4/h6-12,15-16,20,28-29,33H,5,13-14H2,1-4H3,(H,30,32)/b15-8+,28-23?/t20-/m0/s1. The summed E-state index contributed by atoms with van der Waals surface area (Å²) < 4.78 is 0. The van der Waals surface area contributed by atoms with E-state index in [1.165, 1.54) is 12.1 Å². The van der Waals surface area contributed by atoms with E-state index >= 15 is 0 Å². The van der Waals surface area contributed by atoms with Crippen LogP contribution in [-0.2, 0) is 16.6 Å². The van der Waals surface area contributed by atoms with Crippen LogP contribution in [0.5, 0.6) is 0 Å². The molecule has 0 fully saturated rings. The van der Waals surface area contributed by atoms with Gasteiger partial charge in [-0.2, -0.15) is 0 Å². The fraction of sp³-hybridized carbons (Fsp3) is 0.333. The Morgan fingerprint density at radius 3 is 2.49 bits per heavy atom. The molecule has 0 spiro atoms. The molecule has 1 amide bonds. The molecule has 3 aromatic rings. The first-order valence-electron chi connectivity index (χ1n) is 11.6. The monoisotopic (exact) mass is 476 g/mol. The zero-order valence-electron chi connectivity index (χ0n) is 20.5. The number of nitrogens with one attached hydrogen (secondary N) is 3. The first kappa shape index (κ1) is 25.8. The van der Waals surface area contributed by atoms with Gasteiger partial charge >= 0.3 is 0 Å². The van der Waals surface area contributed by atoms with Crippen LogP contribution >= 0.6 is 0 Å². The van der Waals surface area contributed by atoms with Crippen LogP contribution in [0.1, 0.15) is 68.8 Å². The highest BCUT2D eigenvalue weighted by Gasteiger charge is 2.24. The molecular formula is C27H32N4O4. The van der Waals surface area contributed by atoms with Gasteiger partial charge in [0, 0.05) is 46.3 Å². The van der Waals surface area contributed by atoms with Gasteiger partial charge in [0.25, 0.3) is 11.6 Å². The summed E-state index contributed by atoms with van der Waals surface area (Å²) in [6, 6.07) is 12.6. The van der Waals surface area contributed by atoms with E-state index < -0.39 is 5.91 Å². The fourth-order valence-corrected chi connectivity index (χ4v) is 4.42. The number of non-ortho nitro benzene ring substituents is 1. The topological polar surface area (TPSA) is 132 Å². The molecule has 184 valence electrons. The van der Waals surface area contributed by atoms with Crippen LogP contribution < -0.4 is 5.48 Å². The number of aromatic nitrogens is 1. The number of hydrogen-bond donors (Lipinski definition) is 4. The van der Waals surface area contributed by atoms with E-state index in [0.717, 1.165) is 39.7 Å². The van der Waals surface area contributed by atoms with E-state index in [1.54, 1.807) is 23.7 Å². The molecule has 0 bridgehead atoms. The molecule has 3 rings (SSSR count). The molecule has 0 unspecified atom stereocenters. The van der Waals surface area contributed by atoms with Gasteiger partial charge < -0.3 is 10.4 Å². The smallest absolute Gasteiger partial charge is 0.271 e. The third-order valence-corrected chi connectivity index (χ3v) is 6.20. The summed E-state index contributed by atoms with van der Waals surface area (Å²) in [7, 11) is 0. The number of amides is 1. The maximum Gasteiger partial charge on any atom is 0.271 e. The molecule has 0 saturated carbocycles. The number of benzene rings is 2. The number of rotatable bonds is 9. The van der Waals surface area contributed by atoms with Gasteiger partial charge in [-0.1, -0.05) is 52.0 Å². The number of hydrogen-bond acceptors (Lipinski definition) is 5. The minimum Gasteiger partial charge on any atom is -0.358 e. The molecule has 8 nitrogen and oxygen atoms in total. The Labute approximate surface area is 204 Å². The van der Waals surface area contributed by atoms with Crippen LogP contribution in [0.2, 0.25) is 0 Å². The third-order valence-electron chi connectivity index (χ3n) is 6.20. The van der Waals surface area contributed by atoms with Crippen molar-refractivity contribution in [2.45, 2.75) is 58.3 Å². The molecule has 1 aromatic heterocycles. The summed E-state index contributed by atoms with van der Waals surface area (Å²) in [5.41, 5.74) is 6.81. The number of H-pyrrole nitrogens is 1. The highest BCUT2D eigenvalue weighted by atomic mass is 16.6. The second-order valence-electron chi connectivity index (χ2n) is 9.68. The van der Waals surface area contributed by atoms with Gasteiger partial charge in [0.15, 0.2) is 0 Å². The number of fused-ring (bicyclic) bond motifs is 1. The Morgan fingerprint density at radius 2 is 1.91 bits per heavy atom. The summed E-state index contributed by atoms with van der Waals surface area (Å²) in [4.78, 5) is 25.4. The molecule has 2 aromatic carbocycles. The van der Waals surface area contributed by atoms with Crippen LogP contribution in [-0.4, -0.2) is 26.7 Å². The van der Waals surface area contributed by atoms with Crippen molar-refractivity contribution in [3.05, 3.63) is 81.0 Å². The van der Waals surface area contributed by atoms with Crippen LogP contribution in [0.15, 0.2) is 48.5 Å². The van der Waals surface area contributed by atoms with Gasteiger partial charge in [-0.05, 0) is 48.1 Å². The quantitative estimate of drug-likeness (QED) is 0.0985. The Balaban J connectivity index is 1.82. The van der Waals surface area contributed by atoms with Crippen molar-refractivity contribution in [3.8, 4) is 0 Å². The van der Waals surface area contributed by atoms with Gasteiger partial charge in [0.2, 0.25) is 0 Å². The normalized spacial score (nSPS) is 12.7. The second kappa shape index (κ2) is 10.7. The van der Waals surface area contributed by atoms with Gasteiger partial charge in [0.1, 0.15) is 0 Å². The number of aromatic amines is 1. The van der Waals surface area contributed by atoms with Crippen LogP contribution in [0.3, 0.4) is 0 Å². The number of aryl methyl sites for hydroxylation is 1. The largest absolute Gasteiger partial charge is 0.358 e. The second-order valence-corrected chi connectivity index (χ2v) is 9.68. The van der Waals surface area contributed by atoms with Gasteiger partial charge in [0.05, 0.1) is 10.4 Å². The fourth-order valence-electron chi connectivity index (χ4n) is 4.42. The summed E-state index contributed by atoms with van der Waals surface area (Å²) in [5, 5.41) is 29.6. The minimum atomic E-state index is -0.594. The summed E-state index contributed by atoms with van der Waals surface area (Å²) in [5.74, 6) is -0.623. The Morgan fingerprint density at radius 1 is 1.23 bits per heavy atom. The van der Waals surface area contributed by atoms with Gasteiger partial charge in [-0.25, -0.2) is 5.48 Å². The Hall–Kier alpha value is -3.78. The highest BCUT2D eigenvalue weighted by molar-refractivity contribution is 5.92. The lowest BCUT2D eigenvalue weighted by Gasteiger charge is -2.21. The van der Waals surface area contributed by atoms with Crippen molar-refractivity contribution >= 4 is 34.3 Å². The predicted molar refractivity (Wildman–Crippen MR) is 138 cm³/mol. The highest BCUT2D eigenvalue weighted by Crippen LogP contribution is 2.34. The molecule has 0 aliphatic rings. The zero-order valence-corrected chi connectivity index (χ0v) is 20.5. The van der Waals surface area contributed by atoms with Crippen LogP contribution in [0.4, 0.5) is 5.69 Å². The van der Waals surface area contributed by atoms with Crippen molar-refractivity contribution in [3.63, 3.8) is 0 Å². The lowest BCUT2D eigenvalue weighted by molar-refractivity contribution is -0.384.